The zero-order valence-corrected chi connectivity index (χ0v) is 20.3. The number of carbonyl (C=O) groups excluding carboxylic acids is 2. The molecule has 0 N–H and O–H groups in total. The molecule has 0 saturated heterocycles. The van der Waals surface area contributed by atoms with Gasteiger partial charge < -0.3 is 9.30 Å². The smallest absolute Gasteiger partial charge is 0.355 e. The molecule has 1 aromatic carbocycles. The maximum Gasteiger partial charge on any atom is 0.355 e. The summed E-state index contributed by atoms with van der Waals surface area (Å²) in [5.41, 5.74) is 1.67. The number of hydrogen-bond acceptors (Lipinski definition) is 5. The third kappa shape index (κ3) is 5.27. The zero-order chi connectivity index (χ0) is 24.2. The normalized spacial score (nSPS) is 11.9. The first-order chi connectivity index (χ1) is 14.9. The predicted octanol–water partition coefficient (Wildman–Crippen LogP) is 3.97. The monoisotopic (exact) mass is 466 g/mol. The lowest BCUT2D eigenvalue weighted by molar-refractivity contribution is 0.0512. The molecule has 0 unspecified atom stereocenters. The molecule has 0 bridgehead atoms. The number of ketones is 1. The van der Waals surface area contributed by atoms with Gasteiger partial charge in [-0.1, -0.05) is 13.8 Å². The quantitative estimate of drug-likeness (QED) is 0.391. The van der Waals surface area contributed by atoms with Crippen molar-refractivity contribution in [3.63, 3.8) is 0 Å². The Morgan fingerprint density at radius 1 is 1.12 bits per heavy atom. The van der Waals surface area contributed by atoms with Gasteiger partial charge in [0, 0.05) is 24.3 Å². The van der Waals surface area contributed by atoms with Crippen LogP contribution in [0, 0.1) is 25.6 Å². The second-order valence-electron chi connectivity index (χ2n) is 7.97. The predicted molar refractivity (Wildman–Crippen MR) is 120 cm³/mol. The summed E-state index contributed by atoms with van der Waals surface area (Å²) in [5.74, 6) is -1.53. The van der Waals surface area contributed by atoms with Gasteiger partial charge >= 0.3 is 5.97 Å². The van der Waals surface area contributed by atoms with E-state index in [-0.39, 0.29) is 24.0 Å². The average molecular weight is 467 g/mol. The van der Waals surface area contributed by atoms with Crippen molar-refractivity contribution in [1.29, 1.82) is 0 Å². The second-order valence-corrected chi connectivity index (χ2v) is 9.91. The molecule has 2 aromatic rings. The number of benzene rings is 1. The Bertz CT molecular complexity index is 1090. The summed E-state index contributed by atoms with van der Waals surface area (Å²) in [6.45, 7) is 11.0. The Hall–Kier alpha value is -2.52. The standard InChI is InChI=1S/C23H31FN2O5S/c1-7-26-17(6)21(16(5)22(26)23(28)31-8-2)20(27)14-25(13-15(3)4)32(29,30)19-11-9-18(24)10-12-19/h9-12,15H,7-8,13-14H2,1-6H3. The highest BCUT2D eigenvalue weighted by atomic mass is 32.2. The minimum atomic E-state index is -4.03. The maximum absolute atomic E-state index is 13.3. The third-order valence-corrected chi connectivity index (χ3v) is 7.00. The molecule has 0 aliphatic heterocycles. The van der Waals surface area contributed by atoms with Crippen LogP contribution >= 0.6 is 0 Å². The molecule has 0 aliphatic carbocycles. The summed E-state index contributed by atoms with van der Waals surface area (Å²) in [7, 11) is -4.03. The number of Topliss-reactive ketones (excluding diaryl/α,β-unsaturated/α-hetero) is 1. The van der Waals surface area contributed by atoms with Crippen LogP contribution in [-0.4, -0.2) is 48.7 Å². The van der Waals surface area contributed by atoms with E-state index in [9.17, 15) is 22.4 Å². The number of halogens is 1. The fourth-order valence-corrected chi connectivity index (χ4v) is 5.37. The molecule has 0 atom stereocenters. The summed E-state index contributed by atoms with van der Waals surface area (Å²) in [6.07, 6.45) is 0. The van der Waals surface area contributed by atoms with Gasteiger partial charge in [0.25, 0.3) is 0 Å². The van der Waals surface area contributed by atoms with E-state index in [1.165, 1.54) is 12.1 Å². The summed E-state index contributed by atoms with van der Waals surface area (Å²) in [5, 5.41) is 0. The summed E-state index contributed by atoms with van der Waals surface area (Å²) < 4.78 is 47.7. The van der Waals surface area contributed by atoms with Crippen molar-refractivity contribution < 1.29 is 27.1 Å². The first-order valence-electron chi connectivity index (χ1n) is 10.6. The lowest BCUT2D eigenvalue weighted by atomic mass is 10.1. The highest BCUT2D eigenvalue weighted by Gasteiger charge is 2.31. The van der Waals surface area contributed by atoms with E-state index in [2.05, 4.69) is 0 Å². The van der Waals surface area contributed by atoms with Crippen molar-refractivity contribution in [1.82, 2.24) is 8.87 Å². The van der Waals surface area contributed by atoms with E-state index < -0.39 is 34.1 Å². The van der Waals surface area contributed by atoms with Gasteiger partial charge in [-0.25, -0.2) is 17.6 Å². The van der Waals surface area contributed by atoms with Gasteiger partial charge in [0.2, 0.25) is 10.0 Å². The molecule has 176 valence electrons. The van der Waals surface area contributed by atoms with Gasteiger partial charge in [-0.05, 0) is 63.4 Å². The van der Waals surface area contributed by atoms with Crippen molar-refractivity contribution in [3.8, 4) is 0 Å². The van der Waals surface area contributed by atoms with E-state index in [1.54, 1.807) is 25.3 Å². The van der Waals surface area contributed by atoms with Crippen LogP contribution in [0.4, 0.5) is 4.39 Å². The molecule has 1 heterocycles. The van der Waals surface area contributed by atoms with Crippen LogP contribution in [0.2, 0.25) is 0 Å². The molecule has 2 rings (SSSR count). The molecule has 0 aliphatic rings. The Kier molecular flexibility index (Phi) is 8.36. The van der Waals surface area contributed by atoms with E-state index in [4.69, 9.17) is 4.74 Å². The molecule has 0 amide bonds. The number of aromatic nitrogens is 1. The van der Waals surface area contributed by atoms with Crippen LogP contribution in [0.25, 0.3) is 0 Å². The molecule has 0 saturated carbocycles. The van der Waals surface area contributed by atoms with Gasteiger partial charge in [0.05, 0.1) is 18.0 Å². The van der Waals surface area contributed by atoms with E-state index >= 15 is 0 Å². The Morgan fingerprint density at radius 2 is 1.72 bits per heavy atom. The Morgan fingerprint density at radius 3 is 2.22 bits per heavy atom. The van der Waals surface area contributed by atoms with Gasteiger partial charge in [-0.15, -0.1) is 0 Å². The average Bonchev–Trinajstić information content (AvgIpc) is 2.97. The van der Waals surface area contributed by atoms with Crippen molar-refractivity contribution in [2.24, 2.45) is 5.92 Å². The van der Waals surface area contributed by atoms with E-state index in [1.807, 2.05) is 20.8 Å². The lowest BCUT2D eigenvalue weighted by Crippen LogP contribution is -2.38. The number of sulfonamides is 1. The fourth-order valence-electron chi connectivity index (χ4n) is 3.81. The van der Waals surface area contributed by atoms with Crippen LogP contribution in [0.5, 0.6) is 0 Å². The second kappa shape index (κ2) is 10.4. The maximum atomic E-state index is 13.3. The number of rotatable bonds is 10. The number of esters is 1. The van der Waals surface area contributed by atoms with Crippen LogP contribution < -0.4 is 0 Å². The van der Waals surface area contributed by atoms with Gasteiger partial charge in [0.1, 0.15) is 11.5 Å². The number of hydrogen-bond donors (Lipinski definition) is 0. The van der Waals surface area contributed by atoms with Crippen LogP contribution in [-0.2, 0) is 21.3 Å². The lowest BCUT2D eigenvalue weighted by Gasteiger charge is -2.23. The first-order valence-corrected chi connectivity index (χ1v) is 12.0. The fraction of sp³-hybridized carbons (Fsp3) is 0.478. The molecule has 7 nitrogen and oxygen atoms in total. The molecule has 1 aromatic heterocycles. The molecule has 0 radical (unpaired) electrons. The number of nitrogens with zero attached hydrogens (tertiary/aromatic N) is 2. The molecule has 0 spiro atoms. The molecule has 0 fully saturated rings. The highest BCUT2D eigenvalue weighted by molar-refractivity contribution is 7.89. The van der Waals surface area contributed by atoms with E-state index in [0.717, 1.165) is 16.4 Å². The summed E-state index contributed by atoms with van der Waals surface area (Å²) >= 11 is 0. The van der Waals surface area contributed by atoms with Gasteiger partial charge in [0.15, 0.2) is 5.78 Å². The Balaban J connectivity index is 2.49. The topological polar surface area (TPSA) is 85.7 Å². The summed E-state index contributed by atoms with van der Waals surface area (Å²) in [6, 6.07) is 4.52. The van der Waals surface area contributed by atoms with Crippen molar-refractivity contribution in [3.05, 3.63) is 52.6 Å². The SMILES string of the molecule is CCOC(=O)c1c(C)c(C(=O)CN(CC(C)C)S(=O)(=O)c2ccc(F)cc2)c(C)n1CC. The van der Waals surface area contributed by atoms with Crippen LogP contribution in [0.1, 0.15) is 59.8 Å². The number of carbonyl (C=O) groups is 2. The largest absolute Gasteiger partial charge is 0.461 e. The third-order valence-electron chi connectivity index (χ3n) is 5.17. The van der Waals surface area contributed by atoms with E-state index in [0.29, 0.717) is 29.1 Å². The minimum Gasteiger partial charge on any atom is -0.461 e. The van der Waals surface area contributed by atoms with Crippen molar-refractivity contribution >= 4 is 21.8 Å². The summed E-state index contributed by atoms with van der Waals surface area (Å²) in [4.78, 5) is 25.7. The molecule has 32 heavy (non-hydrogen) atoms. The first kappa shape index (κ1) is 25.7. The zero-order valence-electron chi connectivity index (χ0n) is 19.4. The minimum absolute atomic E-state index is 0.0458. The van der Waals surface area contributed by atoms with Gasteiger partial charge in [-0.3, -0.25) is 4.79 Å². The van der Waals surface area contributed by atoms with Crippen molar-refractivity contribution in [2.75, 3.05) is 19.7 Å². The van der Waals surface area contributed by atoms with Crippen LogP contribution in [0.3, 0.4) is 0 Å². The molecule has 9 heteroatoms. The molecular formula is C23H31FN2O5S. The Labute approximate surface area is 189 Å². The van der Waals surface area contributed by atoms with Crippen LogP contribution in [0.15, 0.2) is 29.2 Å². The highest BCUT2D eigenvalue weighted by Crippen LogP contribution is 2.25. The number of ether oxygens (including phenoxy) is 1. The molecular weight excluding hydrogens is 435 g/mol. The van der Waals surface area contributed by atoms with Gasteiger partial charge in [-0.2, -0.15) is 4.31 Å². The van der Waals surface area contributed by atoms with Crippen molar-refractivity contribution in [2.45, 2.75) is 53.0 Å².